The summed E-state index contributed by atoms with van der Waals surface area (Å²) in [4.78, 5) is 25.8. The van der Waals surface area contributed by atoms with E-state index in [4.69, 9.17) is 10.5 Å². The highest BCUT2D eigenvalue weighted by molar-refractivity contribution is 6.22. The highest BCUT2D eigenvalue weighted by atomic mass is 16.5. The normalized spacial score (nSPS) is 23.1. The van der Waals surface area contributed by atoms with Gasteiger partial charge in [-0.3, -0.25) is 9.59 Å². The van der Waals surface area contributed by atoms with E-state index in [0.29, 0.717) is 11.4 Å². The summed E-state index contributed by atoms with van der Waals surface area (Å²) in [5.74, 6) is -0.537. The molecule has 0 bridgehead atoms. The summed E-state index contributed by atoms with van der Waals surface area (Å²) in [6.07, 6.45) is 0. The number of nitrogens with zero attached hydrogens (tertiary/aromatic N) is 1. The first-order valence-corrected chi connectivity index (χ1v) is 6.26. The zero-order valence-electron chi connectivity index (χ0n) is 11.3. The van der Waals surface area contributed by atoms with Gasteiger partial charge in [-0.1, -0.05) is 26.0 Å². The molecular formula is C14H18N2O3. The van der Waals surface area contributed by atoms with Gasteiger partial charge in [-0.15, -0.1) is 0 Å². The number of hydrogen-bond donors (Lipinski definition) is 1. The number of methoxy groups -OCH3 is 1. The second-order valence-electron chi connectivity index (χ2n) is 4.76. The Morgan fingerprint density at radius 1 is 1.21 bits per heavy atom. The van der Waals surface area contributed by atoms with Gasteiger partial charge >= 0.3 is 0 Å². The standard InChI is InChI=1S/C14H18N2O3/c1-8-9(2)14(18)16(13(8)17)12-10(7-15)5-4-6-11(12)19-3/h4-6,8-9H,7,15H2,1-3H3. The van der Waals surface area contributed by atoms with Crippen molar-refractivity contribution in [2.24, 2.45) is 17.6 Å². The molecule has 1 heterocycles. The van der Waals surface area contributed by atoms with Crippen LogP contribution in [0.5, 0.6) is 5.75 Å². The monoisotopic (exact) mass is 262 g/mol. The first-order valence-electron chi connectivity index (χ1n) is 6.26. The molecule has 5 heteroatoms. The first kappa shape index (κ1) is 13.5. The minimum atomic E-state index is -0.317. The van der Waals surface area contributed by atoms with E-state index in [1.165, 1.54) is 12.0 Å². The number of nitrogens with two attached hydrogens (primary N) is 1. The molecule has 2 amide bonds. The molecule has 1 fully saturated rings. The first-order chi connectivity index (χ1) is 9.02. The van der Waals surface area contributed by atoms with E-state index >= 15 is 0 Å². The van der Waals surface area contributed by atoms with E-state index in [0.717, 1.165) is 5.56 Å². The van der Waals surface area contributed by atoms with Gasteiger partial charge in [0.05, 0.1) is 12.8 Å². The number of imide groups is 1. The van der Waals surface area contributed by atoms with Crippen LogP contribution in [0.1, 0.15) is 19.4 Å². The van der Waals surface area contributed by atoms with Crippen LogP contribution in [0.2, 0.25) is 0 Å². The largest absolute Gasteiger partial charge is 0.495 e. The molecule has 2 atom stereocenters. The van der Waals surface area contributed by atoms with Crippen LogP contribution >= 0.6 is 0 Å². The van der Waals surface area contributed by atoms with Crippen LogP contribution in [0.4, 0.5) is 5.69 Å². The number of para-hydroxylation sites is 1. The molecule has 0 radical (unpaired) electrons. The average molecular weight is 262 g/mol. The summed E-state index contributed by atoms with van der Waals surface area (Å²) in [5.41, 5.74) is 6.91. The number of benzene rings is 1. The summed E-state index contributed by atoms with van der Waals surface area (Å²) >= 11 is 0. The van der Waals surface area contributed by atoms with Gasteiger partial charge in [-0.2, -0.15) is 0 Å². The smallest absolute Gasteiger partial charge is 0.237 e. The fraction of sp³-hybridized carbons (Fsp3) is 0.429. The zero-order valence-corrected chi connectivity index (χ0v) is 11.3. The van der Waals surface area contributed by atoms with Gasteiger partial charge in [0.15, 0.2) is 0 Å². The SMILES string of the molecule is COc1cccc(CN)c1N1C(=O)C(C)C(C)C1=O. The van der Waals surface area contributed by atoms with Gasteiger partial charge in [-0.05, 0) is 11.6 Å². The summed E-state index contributed by atoms with van der Waals surface area (Å²) in [6.45, 7) is 3.78. The van der Waals surface area contributed by atoms with Crippen molar-refractivity contribution in [3.63, 3.8) is 0 Å². The van der Waals surface area contributed by atoms with Crippen molar-refractivity contribution >= 4 is 17.5 Å². The molecule has 1 saturated heterocycles. The number of ether oxygens (including phenoxy) is 1. The van der Waals surface area contributed by atoms with Crippen LogP contribution in [0, 0.1) is 11.8 Å². The fourth-order valence-electron chi connectivity index (χ4n) is 2.32. The Balaban J connectivity index is 2.58. The van der Waals surface area contributed by atoms with Gasteiger partial charge in [0.25, 0.3) is 0 Å². The Kier molecular flexibility index (Phi) is 3.57. The van der Waals surface area contributed by atoms with Crippen LogP contribution in [0.3, 0.4) is 0 Å². The molecule has 1 aliphatic heterocycles. The third-order valence-electron chi connectivity index (χ3n) is 3.72. The summed E-state index contributed by atoms with van der Waals surface area (Å²) in [7, 11) is 1.51. The van der Waals surface area contributed by atoms with Crippen molar-refractivity contribution in [3.05, 3.63) is 23.8 Å². The van der Waals surface area contributed by atoms with E-state index in [9.17, 15) is 9.59 Å². The lowest BCUT2D eigenvalue weighted by Crippen LogP contribution is -2.32. The van der Waals surface area contributed by atoms with Gasteiger partial charge in [0, 0.05) is 18.4 Å². The molecule has 1 aromatic carbocycles. The molecule has 0 aliphatic carbocycles. The van der Waals surface area contributed by atoms with E-state index in [1.54, 1.807) is 32.0 Å². The number of amides is 2. The number of carbonyl (C=O) groups is 2. The van der Waals surface area contributed by atoms with E-state index in [2.05, 4.69) is 0 Å². The molecule has 2 rings (SSSR count). The number of rotatable bonds is 3. The van der Waals surface area contributed by atoms with Crippen LogP contribution in [-0.2, 0) is 16.1 Å². The Bertz CT molecular complexity index is 485. The predicted octanol–water partition coefficient (Wildman–Crippen LogP) is 1.30. The second-order valence-corrected chi connectivity index (χ2v) is 4.76. The van der Waals surface area contributed by atoms with Gasteiger partial charge in [0.2, 0.25) is 11.8 Å². The minimum Gasteiger partial charge on any atom is -0.495 e. The highest BCUT2D eigenvalue weighted by Crippen LogP contribution is 2.38. The van der Waals surface area contributed by atoms with Crippen LogP contribution in [-0.4, -0.2) is 18.9 Å². The molecular weight excluding hydrogens is 244 g/mol. The quantitative estimate of drug-likeness (QED) is 0.833. The van der Waals surface area contributed by atoms with Crippen molar-refractivity contribution in [2.75, 3.05) is 12.0 Å². The van der Waals surface area contributed by atoms with Crippen LogP contribution in [0.25, 0.3) is 0 Å². The molecule has 0 aromatic heterocycles. The molecule has 102 valence electrons. The summed E-state index contributed by atoms with van der Waals surface area (Å²) in [5, 5.41) is 0. The minimum absolute atomic E-state index is 0.197. The molecule has 0 spiro atoms. The van der Waals surface area contributed by atoms with E-state index in [1.807, 2.05) is 0 Å². The van der Waals surface area contributed by atoms with Crippen molar-refractivity contribution in [1.82, 2.24) is 0 Å². The molecule has 0 saturated carbocycles. The van der Waals surface area contributed by atoms with E-state index in [-0.39, 0.29) is 30.2 Å². The Labute approximate surface area is 112 Å². The molecule has 1 aromatic rings. The fourth-order valence-corrected chi connectivity index (χ4v) is 2.32. The maximum atomic E-state index is 12.3. The molecule has 19 heavy (non-hydrogen) atoms. The Morgan fingerprint density at radius 2 is 1.79 bits per heavy atom. The van der Waals surface area contributed by atoms with Gasteiger partial charge in [-0.25, -0.2) is 4.90 Å². The summed E-state index contributed by atoms with van der Waals surface area (Å²) in [6, 6.07) is 5.32. The zero-order chi connectivity index (χ0) is 14.2. The van der Waals surface area contributed by atoms with Crippen molar-refractivity contribution in [1.29, 1.82) is 0 Å². The van der Waals surface area contributed by atoms with Crippen molar-refractivity contribution in [2.45, 2.75) is 20.4 Å². The predicted molar refractivity (Wildman–Crippen MR) is 71.7 cm³/mol. The van der Waals surface area contributed by atoms with Crippen LogP contribution in [0.15, 0.2) is 18.2 Å². The third kappa shape index (κ3) is 2.00. The molecule has 2 N–H and O–H groups in total. The highest BCUT2D eigenvalue weighted by Gasteiger charge is 2.44. The lowest BCUT2D eigenvalue weighted by Gasteiger charge is -2.21. The topological polar surface area (TPSA) is 72.6 Å². The summed E-state index contributed by atoms with van der Waals surface area (Å²) < 4.78 is 5.27. The average Bonchev–Trinajstić information content (AvgIpc) is 2.62. The van der Waals surface area contributed by atoms with Gasteiger partial charge in [0.1, 0.15) is 5.75 Å². The Hall–Kier alpha value is -1.88. The number of carbonyl (C=O) groups excluding carboxylic acids is 2. The number of hydrogen-bond acceptors (Lipinski definition) is 4. The molecule has 1 aliphatic rings. The lowest BCUT2D eigenvalue weighted by atomic mass is 10.00. The maximum Gasteiger partial charge on any atom is 0.237 e. The van der Waals surface area contributed by atoms with Crippen molar-refractivity contribution < 1.29 is 14.3 Å². The lowest BCUT2D eigenvalue weighted by molar-refractivity contribution is -0.122. The second kappa shape index (κ2) is 5.01. The Morgan fingerprint density at radius 3 is 2.26 bits per heavy atom. The van der Waals surface area contributed by atoms with Crippen LogP contribution < -0.4 is 15.4 Å². The van der Waals surface area contributed by atoms with Gasteiger partial charge < -0.3 is 10.5 Å². The number of anilines is 1. The molecule has 5 nitrogen and oxygen atoms in total. The van der Waals surface area contributed by atoms with Crippen molar-refractivity contribution in [3.8, 4) is 5.75 Å². The third-order valence-corrected chi connectivity index (χ3v) is 3.72. The maximum absolute atomic E-state index is 12.3. The van der Waals surface area contributed by atoms with E-state index < -0.39 is 0 Å². The molecule has 2 unspecified atom stereocenters.